The van der Waals surface area contributed by atoms with E-state index in [1.807, 2.05) is 37.3 Å². The number of rotatable bonds is 4. The van der Waals surface area contributed by atoms with Gasteiger partial charge in [0.05, 0.1) is 16.6 Å². The molecule has 2 aromatic rings. The summed E-state index contributed by atoms with van der Waals surface area (Å²) in [6.07, 6.45) is 0. The lowest BCUT2D eigenvalue weighted by molar-refractivity contribution is 0.102. The van der Waals surface area contributed by atoms with Gasteiger partial charge in [0.2, 0.25) is 0 Å². The molecule has 0 aliphatic rings. The van der Waals surface area contributed by atoms with Gasteiger partial charge in [-0.3, -0.25) is 9.00 Å². The number of benzene rings is 2. The molecule has 0 aliphatic heterocycles. The van der Waals surface area contributed by atoms with Crippen LogP contribution >= 0.6 is 15.9 Å². The first-order valence-corrected chi connectivity index (χ1v) is 7.92. The molecule has 2 aromatic carbocycles. The van der Waals surface area contributed by atoms with Gasteiger partial charge < -0.3 is 0 Å². The molecule has 0 aliphatic carbocycles. The molecule has 19 heavy (non-hydrogen) atoms. The molecular formula is C15H13BrO2S. The van der Waals surface area contributed by atoms with Crippen LogP contribution in [0.3, 0.4) is 0 Å². The van der Waals surface area contributed by atoms with Crippen LogP contribution in [0.5, 0.6) is 0 Å². The number of Topliss-reactive ketones (excluding diaryl/α,β-unsaturated/α-hetero) is 1. The molecule has 0 fully saturated rings. The molecule has 0 aromatic heterocycles. The third-order valence-electron chi connectivity index (χ3n) is 2.69. The zero-order valence-corrected chi connectivity index (χ0v) is 12.8. The van der Waals surface area contributed by atoms with Crippen molar-refractivity contribution < 1.29 is 9.00 Å². The number of carbonyl (C=O) groups excluding carboxylic acids is 1. The highest BCUT2D eigenvalue weighted by molar-refractivity contribution is 9.10. The molecule has 0 radical (unpaired) electrons. The van der Waals surface area contributed by atoms with Gasteiger partial charge in [0.15, 0.2) is 5.78 Å². The molecule has 98 valence electrons. The number of aryl methyl sites for hydroxylation is 1. The fourth-order valence-electron chi connectivity index (χ4n) is 1.72. The molecule has 0 saturated heterocycles. The molecule has 0 heterocycles. The SMILES string of the molecule is Cc1cccc(S(=O)CC(=O)c2ccccc2Br)c1. The highest BCUT2D eigenvalue weighted by atomic mass is 79.9. The van der Waals surface area contributed by atoms with Crippen LogP contribution in [0.15, 0.2) is 57.9 Å². The van der Waals surface area contributed by atoms with Crippen LogP contribution in [-0.2, 0) is 10.8 Å². The Morgan fingerprint density at radius 3 is 2.58 bits per heavy atom. The quantitative estimate of drug-likeness (QED) is 0.797. The van der Waals surface area contributed by atoms with E-state index in [1.165, 1.54) is 0 Å². The monoisotopic (exact) mass is 336 g/mol. The molecule has 0 spiro atoms. The van der Waals surface area contributed by atoms with Crippen molar-refractivity contribution in [3.05, 3.63) is 64.1 Å². The lowest BCUT2D eigenvalue weighted by Gasteiger charge is -2.05. The average Bonchev–Trinajstić information content (AvgIpc) is 2.39. The predicted octanol–water partition coefficient (Wildman–Crippen LogP) is 3.75. The van der Waals surface area contributed by atoms with Crippen LogP contribution in [0, 0.1) is 6.92 Å². The lowest BCUT2D eigenvalue weighted by Crippen LogP contribution is -2.11. The zero-order chi connectivity index (χ0) is 13.8. The standard InChI is InChI=1S/C15H13BrO2S/c1-11-5-4-6-12(9-11)19(18)10-15(17)13-7-2-3-8-14(13)16/h2-9H,10H2,1H3. The summed E-state index contributed by atoms with van der Waals surface area (Å²) in [6.45, 7) is 1.94. The Morgan fingerprint density at radius 1 is 1.16 bits per heavy atom. The molecule has 2 nitrogen and oxygen atoms in total. The van der Waals surface area contributed by atoms with Crippen LogP contribution in [0.4, 0.5) is 0 Å². The summed E-state index contributed by atoms with van der Waals surface area (Å²) in [4.78, 5) is 12.8. The van der Waals surface area contributed by atoms with Gasteiger partial charge in [0, 0.05) is 14.9 Å². The van der Waals surface area contributed by atoms with E-state index in [0.29, 0.717) is 10.5 Å². The number of ketones is 1. The maximum Gasteiger partial charge on any atom is 0.176 e. The summed E-state index contributed by atoms with van der Waals surface area (Å²) in [5, 5.41) is 0. The van der Waals surface area contributed by atoms with E-state index in [-0.39, 0.29) is 11.5 Å². The van der Waals surface area contributed by atoms with Gasteiger partial charge in [-0.25, -0.2) is 0 Å². The number of carbonyl (C=O) groups is 1. The summed E-state index contributed by atoms with van der Waals surface area (Å²) >= 11 is 3.33. The zero-order valence-electron chi connectivity index (χ0n) is 10.4. The summed E-state index contributed by atoms with van der Waals surface area (Å²) in [6, 6.07) is 14.6. The summed E-state index contributed by atoms with van der Waals surface area (Å²) < 4.78 is 12.9. The van der Waals surface area contributed by atoms with Gasteiger partial charge >= 0.3 is 0 Å². The predicted molar refractivity (Wildman–Crippen MR) is 80.9 cm³/mol. The number of halogens is 1. The lowest BCUT2D eigenvalue weighted by atomic mass is 10.1. The summed E-state index contributed by atoms with van der Waals surface area (Å²) in [7, 11) is -1.30. The molecule has 1 atom stereocenters. The first-order valence-electron chi connectivity index (χ1n) is 5.80. The van der Waals surface area contributed by atoms with E-state index in [9.17, 15) is 9.00 Å². The second-order valence-corrected chi connectivity index (χ2v) is 6.51. The van der Waals surface area contributed by atoms with Gasteiger partial charge in [-0.1, -0.05) is 46.3 Å². The van der Waals surface area contributed by atoms with Crippen LogP contribution in [0.25, 0.3) is 0 Å². The molecule has 0 N–H and O–H groups in total. The maximum atomic E-state index is 12.2. The van der Waals surface area contributed by atoms with Crippen molar-refractivity contribution in [1.29, 1.82) is 0 Å². The minimum absolute atomic E-state index is 0.00602. The largest absolute Gasteiger partial charge is 0.293 e. The molecule has 4 heteroatoms. The molecule has 1 unspecified atom stereocenters. The molecule has 0 bridgehead atoms. The van der Waals surface area contributed by atoms with Crippen molar-refractivity contribution in [2.75, 3.05) is 5.75 Å². The van der Waals surface area contributed by atoms with E-state index in [0.717, 1.165) is 10.0 Å². The van der Waals surface area contributed by atoms with Gasteiger partial charge in [-0.15, -0.1) is 0 Å². The smallest absolute Gasteiger partial charge is 0.176 e. The van der Waals surface area contributed by atoms with Gasteiger partial charge in [0.25, 0.3) is 0 Å². The normalized spacial score (nSPS) is 12.1. The van der Waals surface area contributed by atoms with Crippen LogP contribution < -0.4 is 0 Å². The highest BCUT2D eigenvalue weighted by Gasteiger charge is 2.14. The van der Waals surface area contributed by atoms with E-state index in [1.54, 1.807) is 18.2 Å². The number of hydrogen-bond donors (Lipinski definition) is 0. The average molecular weight is 337 g/mol. The Balaban J connectivity index is 2.16. The Hall–Kier alpha value is -1.26. The maximum absolute atomic E-state index is 12.2. The number of hydrogen-bond acceptors (Lipinski definition) is 2. The van der Waals surface area contributed by atoms with Gasteiger partial charge in [-0.05, 0) is 30.7 Å². The summed E-state index contributed by atoms with van der Waals surface area (Å²) in [5.41, 5.74) is 1.61. The van der Waals surface area contributed by atoms with Crippen molar-refractivity contribution in [3.8, 4) is 0 Å². The minimum atomic E-state index is -1.30. The van der Waals surface area contributed by atoms with Crippen molar-refractivity contribution in [2.24, 2.45) is 0 Å². The second-order valence-electron chi connectivity index (χ2n) is 4.21. The van der Waals surface area contributed by atoms with Crippen molar-refractivity contribution in [1.82, 2.24) is 0 Å². The molecule has 2 rings (SSSR count). The van der Waals surface area contributed by atoms with Crippen molar-refractivity contribution in [2.45, 2.75) is 11.8 Å². The first-order chi connectivity index (χ1) is 9.08. The molecule has 0 amide bonds. The third kappa shape index (κ3) is 3.61. The van der Waals surface area contributed by atoms with E-state index >= 15 is 0 Å². The van der Waals surface area contributed by atoms with Crippen molar-refractivity contribution in [3.63, 3.8) is 0 Å². The topological polar surface area (TPSA) is 34.1 Å². The summed E-state index contributed by atoms with van der Waals surface area (Å²) in [5.74, 6) is -0.112. The van der Waals surface area contributed by atoms with Crippen LogP contribution in [0.2, 0.25) is 0 Å². The fourth-order valence-corrected chi connectivity index (χ4v) is 3.34. The highest BCUT2D eigenvalue weighted by Crippen LogP contribution is 2.18. The minimum Gasteiger partial charge on any atom is -0.293 e. The van der Waals surface area contributed by atoms with E-state index in [2.05, 4.69) is 15.9 Å². The first kappa shape index (κ1) is 14.2. The van der Waals surface area contributed by atoms with Crippen molar-refractivity contribution >= 4 is 32.5 Å². The van der Waals surface area contributed by atoms with Gasteiger partial charge in [-0.2, -0.15) is 0 Å². The molecule has 0 saturated carbocycles. The Kier molecular flexibility index (Phi) is 4.66. The fraction of sp³-hybridized carbons (Fsp3) is 0.133. The Bertz CT molecular complexity index is 638. The Labute approximate surface area is 123 Å². The van der Waals surface area contributed by atoms with Gasteiger partial charge in [0.1, 0.15) is 0 Å². The second kappa shape index (κ2) is 6.26. The van der Waals surface area contributed by atoms with Crippen LogP contribution in [-0.4, -0.2) is 15.7 Å². The Morgan fingerprint density at radius 2 is 1.89 bits per heavy atom. The molecular weight excluding hydrogens is 324 g/mol. The van der Waals surface area contributed by atoms with E-state index in [4.69, 9.17) is 0 Å². The van der Waals surface area contributed by atoms with E-state index < -0.39 is 10.8 Å². The van der Waals surface area contributed by atoms with Crippen LogP contribution in [0.1, 0.15) is 15.9 Å². The third-order valence-corrected chi connectivity index (χ3v) is 4.68.